The Morgan fingerprint density at radius 1 is 1.20 bits per heavy atom. The third-order valence-corrected chi connectivity index (χ3v) is 4.80. The molecule has 0 aromatic rings. The number of hydrogen-bond donors (Lipinski definition) is 4. The molecule has 0 radical (unpaired) electrons. The van der Waals surface area contributed by atoms with Crippen LogP contribution in [0.5, 0.6) is 0 Å². The third kappa shape index (κ3) is 3.20. The standard InChI is InChI=1S/C13H23N3O4/c1-12(2)8(13(12,3)4)6-15-11(20)16-7(10(18)19)5-9(14)17/h7-8H,5-6H2,1-4H3,(H2,14,17)(H,18,19)(H2,15,16,20)/t7-/m1/s1. The Bertz CT molecular complexity index is 417. The Morgan fingerprint density at radius 3 is 2.05 bits per heavy atom. The average molecular weight is 285 g/mol. The van der Waals surface area contributed by atoms with Crippen LogP contribution in [0.4, 0.5) is 4.79 Å². The quantitative estimate of drug-likeness (QED) is 0.560. The number of nitrogens with two attached hydrogens (primary N) is 1. The number of primary amides is 1. The van der Waals surface area contributed by atoms with E-state index in [0.29, 0.717) is 12.5 Å². The van der Waals surface area contributed by atoms with E-state index in [0.717, 1.165) is 0 Å². The van der Waals surface area contributed by atoms with Crippen LogP contribution in [0.25, 0.3) is 0 Å². The van der Waals surface area contributed by atoms with Gasteiger partial charge in [0.15, 0.2) is 0 Å². The topological polar surface area (TPSA) is 122 Å². The summed E-state index contributed by atoms with van der Waals surface area (Å²) in [5.41, 5.74) is 5.21. The van der Waals surface area contributed by atoms with Crippen molar-refractivity contribution in [3.63, 3.8) is 0 Å². The van der Waals surface area contributed by atoms with Crippen LogP contribution < -0.4 is 16.4 Å². The molecule has 3 amide bonds. The molecule has 7 nitrogen and oxygen atoms in total. The van der Waals surface area contributed by atoms with E-state index in [-0.39, 0.29) is 10.8 Å². The Morgan fingerprint density at radius 2 is 1.70 bits per heavy atom. The first kappa shape index (κ1) is 16.3. The van der Waals surface area contributed by atoms with Gasteiger partial charge in [-0.25, -0.2) is 9.59 Å². The molecule has 0 saturated heterocycles. The van der Waals surface area contributed by atoms with E-state index in [1.165, 1.54) is 0 Å². The molecule has 7 heteroatoms. The average Bonchev–Trinajstić information content (AvgIpc) is 2.65. The number of carboxylic acids is 1. The number of carbonyl (C=O) groups excluding carboxylic acids is 2. The van der Waals surface area contributed by atoms with Crippen LogP contribution in [0, 0.1) is 16.7 Å². The molecule has 1 saturated carbocycles. The molecule has 1 atom stereocenters. The summed E-state index contributed by atoms with van der Waals surface area (Å²) in [4.78, 5) is 33.3. The molecule has 1 aliphatic carbocycles. The number of carboxylic acid groups (broad SMARTS) is 1. The van der Waals surface area contributed by atoms with Crippen LogP contribution in [0.15, 0.2) is 0 Å². The van der Waals surface area contributed by atoms with Gasteiger partial charge in [-0.2, -0.15) is 0 Å². The molecule has 5 N–H and O–H groups in total. The van der Waals surface area contributed by atoms with Gasteiger partial charge in [-0.1, -0.05) is 27.7 Å². The molecule has 1 aliphatic rings. The van der Waals surface area contributed by atoms with Gasteiger partial charge < -0.3 is 21.5 Å². The highest BCUT2D eigenvalue weighted by atomic mass is 16.4. The Labute approximate surface area is 118 Å². The second-order valence-corrected chi connectivity index (χ2v) is 6.41. The SMILES string of the molecule is CC1(C)C(CNC(=O)N[C@H](CC(N)=O)C(=O)O)C1(C)C. The third-order valence-electron chi connectivity index (χ3n) is 4.80. The van der Waals surface area contributed by atoms with Gasteiger partial charge in [0.25, 0.3) is 0 Å². The molecule has 0 bridgehead atoms. The summed E-state index contributed by atoms with van der Waals surface area (Å²) in [5.74, 6) is -1.73. The van der Waals surface area contributed by atoms with Crippen molar-refractivity contribution >= 4 is 17.9 Å². The van der Waals surface area contributed by atoms with Crippen molar-refractivity contribution in [2.75, 3.05) is 6.54 Å². The molecular formula is C13H23N3O4. The zero-order chi connectivity index (χ0) is 15.7. The minimum Gasteiger partial charge on any atom is -0.480 e. The van der Waals surface area contributed by atoms with E-state index in [2.05, 4.69) is 38.3 Å². The summed E-state index contributed by atoms with van der Waals surface area (Å²) in [6.45, 7) is 8.98. The molecule has 1 fully saturated rings. The van der Waals surface area contributed by atoms with E-state index < -0.39 is 30.4 Å². The molecule has 0 aromatic heterocycles. The fourth-order valence-electron chi connectivity index (χ4n) is 2.65. The minimum absolute atomic E-state index is 0.139. The lowest BCUT2D eigenvalue weighted by molar-refractivity contribution is -0.140. The van der Waals surface area contributed by atoms with E-state index in [9.17, 15) is 14.4 Å². The van der Waals surface area contributed by atoms with Gasteiger partial charge in [0, 0.05) is 6.54 Å². The summed E-state index contributed by atoms with van der Waals surface area (Å²) < 4.78 is 0. The van der Waals surface area contributed by atoms with Gasteiger partial charge >= 0.3 is 12.0 Å². The maximum atomic E-state index is 11.7. The molecule has 0 unspecified atom stereocenters. The summed E-state index contributed by atoms with van der Waals surface area (Å²) in [6.07, 6.45) is -0.427. The summed E-state index contributed by atoms with van der Waals surface area (Å²) >= 11 is 0. The first-order valence-corrected chi connectivity index (χ1v) is 6.55. The Kier molecular flexibility index (Phi) is 4.31. The van der Waals surface area contributed by atoms with E-state index in [1.54, 1.807) is 0 Å². The number of carbonyl (C=O) groups is 3. The van der Waals surface area contributed by atoms with Crippen molar-refractivity contribution in [1.29, 1.82) is 0 Å². The monoisotopic (exact) mass is 285 g/mol. The van der Waals surface area contributed by atoms with Crippen LogP contribution in [-0.2, 0) is 9.59 Å². The summed E-state index contributed by atoms with van der Waals surface area (Å²) in [6, 6.07) is -1.90. The first-order valence-electron chi connectivity index (χ1n) is 6.55. The molecular weight excluding hydrogens is 262 g/mol. The molecule has 1 rings (SSSR count). The number of aliphatic carboxylic acids is 1. The molecule has 114 valence electrons. The number of hydrogen-bond acceptors (Lipinski definition) is 3. The van der Waals surface area contributed by atoms with Crippen molar-refractivity contribution in [2.24, 2.45) is 22.5 Å². The summed E-state index contributed by atoms with van der Waals surface area (Å²) in [7, 11) is 0. The van der Waals surface area contributed by atoms with E-state index in [4.69, 9.17) is 10.8 Å². The van der Waals surface area contributed by atoms with Gasteiger partial charge in [0.05, 0.1) is 6.42 Å². The van der Waals surface area contributed by atoms with Crippen LogP contribution in [0.2, 0.25) is 0 Å². The number of urea groups is 1. The molecule has 0 aliphatic heterocycles. The van der Waals surface area contributed by atoms with Crippen molar-refractivity contribution in [2.45, 2.75) is 40.2 Å². The van der Waals surface area contributed by atoms with Gasteiger partial charge in [-0.15, -0.1) is 0 Å². The van der Waals surface area contributed by atoms with Crippen LogP contribution in [-0.4, -0.2) is 35.6 Å². The molecule has 20 heavy (non-hydrogen) atoms. The van der Waals surface area contributed by atoms with Crippen molar-refractivity contribution in [3.05, 3.63) is 0 Å². The van der Waals surface area contributed by atoms with Crippen LogP contribution >= 0.6 is 0 Å². The van der Waals surface area contributed by atoms with Crippen molar-refractivity contribution in [1.82, 2.24) is 10.6 Å². The van der Waals surface area contributed by atoms with Gasteiger partial charge in [-0.05, 0) is 16.7 Å². The van der Waals surface area contributed by atoms with Gasteiger partial charge in [-0.3, -0.25) is 4.79 Å². The number of amides is 3. The predicted octanol–water partition coefficient (Wildman–Crippen LogP) is 0.296. The van der Waals surface area contributed by atoms with Gasteiger partial charge in [0.1, 0.15) is 6.04 Å². The maximum absolute atomic E-state index is 11.7. The highest BCUT2D eigenvalue weighted by molar-refractivity contribution is 5.87. The zero-order valence-electron chi connectivity index (χ0n) is 12.3. The normalized spacial score (nSPS) is 20.8. The predicted molar refractivity (Wildman–Crippen MR) is 72.8 cm³/mol. The van der Waals surface area contributed by atoms with Crippen molar-refractivity contribution in [3.8, 4) is 0 Å². The number of nitrogens with one attached hydrogen (secondary N) is 2. The molecule has 0 heterocycles. The van der Waals surface area contributed by atoms with Crippen LogP contribution in [0.1, 0.15) is 34.1 Å². The van der Waals surface area contributed by atoms with E-state index in [1.807, 2.05) is 0 Å². The highest BCUT2D eigenvalue weighted by Gasteiger charge is 2.64. The number of rotatable bonds is 6. The second kappa shape index (κ2) is 5.30. The molecule has 0 spiro atoms. The largest absolute Gasteiger partial charge is 0.480 e. The lowest BCUT2D eigenvalue weighted by Crippen LogP contribution is -2.48. The Balaban J connectivity index is 2.44. The van der Waals surface area contributed by atoms with Gasteiger partial charge in [0.2, 0.25) is 5.91 Å². The fourth-order valence-corrected chi connectivity index (χ4v) is 2.65. The lowest BCUT2D eigenvalue weighted by atomic mass is 10.0. The van der Waals surface area contributed by atoms with Crippen LogP contribution in [0.3, 0.4) is 0 Å². The maximum Gasteiger partial charge on any atom is 0.326 e. The lowest BCUT2D eigenvalue weighted by Gasteiger charge is -2.14. The zero-order valence-corrected chi connectivity index (χ0v) is 12.3. The first-order chi connectivity index (χ1) is 9.00. The van der Waals surface area contributed by atoms with E-state index >= 15 is 0 Å². The fraction of sp³-hybridized carbons (Fsp3) is 0.769. The smallest absolute Gasteiger partial charge is 0.326 e. The highest BCUT2D eigenvalue weighted by Crippen LogP contribution is 2.67. The second-order valence-electron chi connectivity index (χ2n) is 6.41. The van der Waals surface area contributed by atoms with Crippen molar-refractivity contribution < 1.29 is 19.5 Å². The Hall–Kier alpha value is -1.79. The minimum atomic E-state index is -1.30. The summed E-state index contributed by atoms with van der Waals surface area (Å²) in [5, 5.41) is 13.8. The molecule has 0 aromatic carbocycles.